The molecule has 1 aromatic heterocycles. The Kier molecular flexibility index (Phi) is 4.44. The number of amides is 1. The second-order valence-corrected chi connectivity index (χ2v) is 7.22. The lowest BCUT2D eigenvalue weighted by molar-refractivity contribution is 0.0722. The van der Waals surface area contributed by atoms with Crippen molar-refractivity contribution in [3.05, 3.63) is 71.5 Å². The fraction of sp³-hybridized carbons (Fsp3) is 0.273. The van der Waals surface area contributed by atoms with Crippen LogP contribution in [0.5, 0.6) is 0 Å². The van der Waals surface area contributed by atoms with Crippen LogP contribution in [0.3, 0.4) is 0 Å². The Bertz CT molecular complexity index is 933. The predicted octanol–water partition coefficient (Wildman–Crippen LogP) is 3.65. The van der Waals surface area contributed by atoms with Gasteiger partial charge in [0.1, 0.15) is 17.8 Å². The van der Waals surface area contributed by atoms with E-state index < -0.39 is 0 Å². The van der Waals surface area contributed by atoms with E-state index >= 15 is 0 Å². The summed E-state index contributed by atoms with van der Waals surface area (Å²) in [7, 11) is 0. The van der Waals surface area contributed by atoms with Crippen molar-refractivity contribution in [3.63, 3.8) is 0 Å². The van der Waals surface area contributed by atoms with Gasteiger partial charge in [-0.15, -0.1) is 6.58 Å². The Morgan fingerprint density at radius 2 is 2.07 bits per heavy atom. The average molecular weight is 361 g/mol. The van der Waals surface area contributed by atoms with E-state index in [-0.39, 0.29) is 5.91 Å². The summed E-state index contributed by atoms with van der Waals surface area (Å²) in [4.78, 5) is 31.3. The van der Waals surface area contributed by atoms with Crippen LogP contribution in [0, 0.1) is 0 Å². The summed E-state index contributed by atoms with van der Waals surface area (Å²) in [6.07, 6.45) is 5.31. The third-order valence-electron chi connectivity index (χ3n) is 5.25. The third-order valence-corrected chi connectivity index (χ3v) is 5.25. The number of aldehydes is 1. The molecule has 0 bridgehead atoms. The molecule has 1 aromatic carbocycles. The van der Waals surface area contributed by atoms with Crippen molar-refractivity contribution in [1.29, 1.82) is 0 Å². The highest BCUT2D eigenvalue weighted by Gasteiger charge is 2.29. The van der Waals surface area contributed by atoms with Crippen LogP contribution in [-0.4, -0.2) is 41.7 Å². The van der Waals surface area contributed by atoms with Crippen LogP contribution in [-0.2, 0) is 12.8 Å². The van der Waals surface area contributed by atoms with Crippen LogP contribution in [0.2, 0.25) is 0 Å². The lowest BCUT2D eigenvalue weighted by atomic mass is 10.0. The molecule has 2 aliphatic heterocycles. The van der Waals surface area contributed by atoms with Crippen LogP contribution >= 0.6 is 0 Å². The second-order valence-electron chi connectivity index (χ2n) is 7.22. The summed E-state index contributed by atoms with van der Waals surface area (Å²) >= 11 is 0. The molecule has 0 radical (unpaired) electrons. The highest BCUT2D eigenvalue weighted by atomic mass is 16.2. The number of anilines is 2. The molecule has 1 fully saturated rings. The Balaban J connectivity index is 1.66. The normalized spacial score (nSPS) is 15.9. The van der Waals surface area contributed by atoms with Gasteiger partial charge in [0.15, 0.2) is 0 Å². The molecule has 0 atom stereocenters. The first-order valence-electron chi connectivity index (χ1n) is 9.25. The molecule has 1 saturated heterocycles. The number of carbonyl (C=O) groups excluding carboxylic acids is 2. The number of fused-ring (bicyclic) bond motifs is 1. The summed E-state index contributed by atoms with van der Waals surface area (Å²) in [6.45, 7) is 9.84. The number of benzene rings is 1. The summed E-state index contributed by atoms with van der Waals surface area (Å²) in [5.41, 5.74) is 5.56. The number of aromatic nitrogens is 1. The van der Waals surface area contributed by atoms with Gasteiger partial charge in [-0.1, -0.05) is 12.7 Å². The van der Waals surface area contributed by atoms with Gasteiger partial charge in [-0.25, -0.2) is 0 Å². The van der Waals surface area contributed by atoms with Crippen molar-refractivity contribution in [3.8, 4) is 0 Å². The number of nitrogens with one attached hydrogen (secondary N) is 1. The van der Waals surface area contributed by atoms with Gasteiger partial charge >= 0.3 is 0 Å². The van der Waals surface area contributed by atoms with Crippen molar-refractivity contribution >= 4 is 23.7 Å². The number of hydrogen-bond donors (Lipinski definition) is 1. The number of carbonyl (C=O) groups is 2. The van der Waals surface area contributed by atoms with Crippen molar-refractivity contribution in [1.82, 2.24) is 9.88 Å². The SMILES string of the molecule is C=CCc1cc(N2CCCc3cc(C(=O)N4CC(=C)C4)[nH]c32)ccc1C=O. The molecule has 5 heteroatoms. The largest absolute Gasteiger partial charge is 0.337 e. The van der Waals surface area contributed by atoms with E-state index in [1.807, 2.05) is 24.3 Å². The van der Waals surface area contributed by atoms with Gasteiger partial charge in [0.2, 0.25) is 0 Å². The molecule has 0 unspecified atom stereocenters. The fourth-order valence-electron chi connectivity index (χ4n) is 3.85. The van der Waals surface area contributed by atoms with E-state index in [0.29, 0.717) is 30.8 Å². The van der Waals surface area contributed by atoms with E-state index in [4.69, 9.17) is 0 Å². The first kappa shape index (κ1) is 17.3. The minimum atomic E-state index is 0.0281. The minimum absolute atomic E-state index is 0.0281. The smallest absolute Gasteiger partial charge is 0.270 e. The van der Waals surface area contributed by atoms with Gasteiger partial charge < -0.3 is 14.8 Å². The Labute approximate surface area is 159 Å². The fourth-order valence-corrected chi connectivity index (χ4v) is 3.85. The van der Waals surface area contributed by atoms with Gasteiger partial charge in [0.05, 0.1) is 0 Å². The maximum Gasteiger partial charge on any atom is 0.270 e. The third kappa shape index (κ3) is 3.10. The molecule has 2 aliphatic rings. The monoisotopic (exact) mass is 361 g/mol. The molecule has 0 spiro atoms. The molecular formula is C22H23N3O2. The number of rotatable bonds is 5. The Hall–Kier alpha value is -3.08. The molecule has 5 nitrogen and oxygen atoms in total. The van der Waals surface area contributed by atoms with Crippen molar-refractivity contribution < 1.29 is 9.59 Å². The summed E-state index contributed by atoms with van der Waals surface area (Å²) in [5, 5.41) is 0. The predicted molar refractivity (Wildman–Crippen MR) is 107 cm³/mol. The molecule has 27 heavy (non-hydrogen) atoms. The molecule has 0 aliphatic carbocycles. The van der Waals surface area contributed by atoms with Crippen molar-refractivity contribution in [2.75, 3.05) is 24.5 Å². The van der Waals surface area contributed by atoms with E-state index in [9.17, 15) is 9.59 Å². The summed E-state index contributed by atoms with van der Waals surface area (Å²) in [5.74, 6) is 1.01. The van der Waals surface area contributed by atoms with Crippen molar-refractivity contribution in [2.24, 2.45) is 0 Å². The molecule has 2 aromatic rings. The molecule has 3 heterocycles. The summed E-state index contributed by atoms with van der Waals surface area (Å²) in [6, 6.07) is 7.85. The summed E-state index contributed by atoms with van der Waals surface area (Å²) < 4.78 is 0. The lowest BCUT2D eigenvalue weighted by Gasteiger charge is -2.33. The minimum Gasteiger partial charge on any atom is -0.337 e. The number of H-pyrrole nitrogens is 1. The van der Waals surface area contributed by atoms with E-state index in [0.717, 1.165) is 53.9 Å². The zero-order chi connectivity index (χ0) is 19.0. The molecule has 0 saturated carbocycles. The van der Waals surface area contributed by atoms with Gasteiger partial charge in [-0.2, -0.15) is 0 Å². The molecule has 1 amide bonds. The number of aryl methyl sites for hydroxylation is 1. The van der Waals surface area contributed by atoms with Crippen LogP contribution in [0.4, 0.5) is 11.5 Å². The first-order valence-corrected chi connectivity index (χ1v) is 9.25. The topological polar surface area (TPSA) is 56.4 Å². The molecule has 1 N–H and O–H groups in total. The van der Waals surface area contributed by atoms with E-state index in [1.165, 1.54) is 0 Å². The molecule has 4 rings (SSSR count). The van der Waals surface area contributed by atoms with Crippen molar-refractivity contribution in [2.45, 2.75) is 19.3 Å². The van der Waals surface area contributed by atoms with E-state index in [1.54, 1.807) is 11.0 Å². The van der Waals surface area contributed by atoms with Crippen LogP contribution in [0.25, 0.3) is 0 Å². The van der Waals surface area contributed by atoms with E-state index in [2.05, 4.69) is 23.0 Å². The Morgan fingerprint density at radius 3 is 2.78 bits per heavy atom. The second kappa shape index (κ2) is 6.91. The van der Waals surface area contributed by atoms with Gasteiger partial charge in [-0.05, 0) is 60.2 Å². The van der Waals surface area contributed by atoms with Gasteiger partial charge in [-0.3, -0.25) is 9.59 Å². The number of aromatic amines is 1. The maximum atomic E-state index is 12.6. The first-order chi connectivity index (χ1) is 13.1. The van der Waals surface area contributed by atoms with Gasteiger partial charge in [0.25, 0.3) is 5.91 Å². The highest BCUT2D eigenvalue weighted by molar-refractivity contribution is 5.95. The highest BCUT2D eigenvalue weighted by Crippen LogP contribution is 2.35. The number of nitrogens with zero attached hydrogens (tertiary/aromatic N) is 2. The van der Waals surface area contributed by atoms with Crippen LogP contribution in [0.15, 0.2) is 49.1 Å². The Morgan fingerprint density at radius 1 is 1.26 bits per heavy atom. The molecule has 138 valence electrons. The lowest BCUT2D eigenvalue weighted by Crippen LogP contribution is -2.44. The quantitative estimate of drug-likeness (QED) is 0.653. The zero-order valence-electron chi connectivity index (χ0n) is 15.3. The maximum absolute atomic E-state index is 12.6. The van der Waals surface area contributed by atoms with Gasteiger partial charge in [0, 0.05) is 30.9 Å². The van der Waals surface area contributed by atoms with Crippen LogP contribution < -0.4 is 4.90 Å². The molecular weight excluding hydrogens is 338 g/mol. The zero-order valence-corrected chi connectivity index (χ0v) is 15.3. The average Bonchev–Trinajstić information content (AvgIpc) is 3.09. The number of hydrogen-bond acceptors (Lipinski definition) is 3. The number of likely N-dealkylation sites (tertiary alicyclic amines) is 1. The number of allylic oxidation sites excluding steroid dienone is 1. The standard InChI is InChI=1S/C22H23N3O2/c1-3-5-16-10-19(8-7-18(16)14-26)25-9-4-6-17-11-20(23-21(17)25)22(27)24-12-15(2)13-24/h3,7-8,10-11,14,23H,1-2,4-6,9,12-13H2. The van der Waals surface area contributed by atoms with Crippen LogP contribution in [0.1, 0.15) is 38.4 Å².